The molecule has 2 rings (SSSR count). The van der Waals surface area contributed by atoms with E-state index >= 15 is 0 Å². The van der Waals surface area contributed by atoms with Gasteiger partial charge in [0, 0.05) is 35.5 Å². The summed E-state index contributed by atoms with van der Waals surface area (Å²) in [6.07, 6.45) is 4.53. The Hall–Kier alpha value is -1.62. The first-order valence-electron chi connectivity index (χ1n) is 5.77. The van der Waals surface area contributed by atoms with Crippen molar-refractivity contribution in [2.45, 2.75) is 13.0 Å². The first kappa shape index (κ1) is 12.8. The van der Waals surface area contributed by atoms with Gasteiger partial charge in [0.15, 0.2) is 0 Å². The Kier molecular flexibility index (Phi) is 4.52. The molecule has 1 N–H and O–H groups in total. The summed E-state index contributed by atoms with van der Waals surface area (Å²) in [6, 6.07) is 9.24. The van der Waals surface area contributed by atoms with Crippen molar-refractivity contribution in [2.24, 2.45) is 0 Å². The van der Waals surface area contributed by atoms with Crippen LogP contribution in [0.25, 0.3) is 0 Å². The van der Waals surface area contributed by atoms with Crippen LogP contribution in [0.5, 0.6) is 0 Å². The minimum atomic E-state index is -0.0447. The quantitative estimate of drug-likeness (QED) is 0.863. The summed E-state index contributed by atoms with van der Waals surface area (Å²) in [6.45, 7) is 1.46. The molecule has 5 heteroatoms. The maximum atomic E-state index is 11.8. The zero-order valence-electron chi connectivity index (χ0n) is 9.84. The zero-order valence-corrected chi connectivity index (χ0v) is 11.4. The van der Waals surface area contributed by atoms with Crippen LogP contribution in [-0.4, -0.2) is 22.2 Å². The minimum Gasteiger partial charge on any atom is -0.352 e. The van der Waals surface area contributed by atoms with Gasteiger partial charge >= 0.3 is 0 Å². The van der Waals surface area contributed by atoms with E-state index in [0.29, 0.717) is 12.1 Å². The Morgan fingerprint density at radius 2 is 2.28 bits per heavy atom. The van der Waals surface area contributed by atoms with Crippen molar-refractivity contribution in [3.05, 3.63) is 52.8 Å². The van der Waals surface area contributed by atoms with Crippen LogP contribution in [0, 0.1) is 0 Å². The lowest BCUT2D eigenvalue weighted by Crippen LogP contribution is -2.25. The molecule has 0 fully saturated rings. The van der Waals surface area contributed by atoms with Crippen LogP contribution in [0.1, 0.15) is 16.8 Å². The molecule has 1 amide bonds. The standard InChI is InChI=1S/C13H14BrN3O/c14-12-5-1-4-11(10-12)13(18)15-6-2-8-17-9-3-7-16-17/h1,3-5,7,9-10H,2,6,8H2,(H,15,18). The average molecular weight is 308 g/mol. The molecule has 0 saturated heterocycles. The third-order valence-corrected chi connectivity index (χ3v) is 2.99. The maximum Gasteiger partial charge on any atom is 0.251 e. The van der Waals surface area contributed by atoms with E-state index in [9.17, 15) is 4.79 Å². The monoisotopic (exact) mass is 307 g/mol. The SMILES string of the molecule is O=C(NCCCn1cccn1)c1cccc(Br)c1. The molecule has 94 valence electrons. The van der Waals surface area contributed by atoms with E-state index in [1.807, 2.05) is 35.1 Å². The van der Waals surface area contributed by atoms with Gasteiger partial charge in [-0.3, -0.25) is 9.48 Å². The van der Waals surface area contributed by atoms with Crippen LogP contribution < -0.4 is 5.32 Å². The van der Waals surface area contributed by atoms with Crippen LogP contribution in [0.2, 0.25) is 0 Å². The van der Waals surface area contributed by atoms with E-state index < -0.39 is 0 Å². The van der Waals surface area contributed by atoms with Gasteiger partial charge in [-0.2, -0.15) is 5.10 Å². The number of nitrogens with one attached hydrogen (secondary N) is 1. The minimum absolute atomic E-state index is 0.0447. The van der Waals surface area contributed by atoms with Crippen LogP contribution in [-0.2, 0) is 6.54 Å². The van der Waals surface area contributed by atoms with Gasteiger partial charge in [0.1, 0.15) is 0 Å². The number of carbonyl (C=O) groups excluding carboxylic acids is 1. The summed E-state index contributed by atoms with van der Waals surface area (Å²) in [5, 5.41) is 6.99. The molecular formula is C13H14BrN3O. The van der Waals surface area contributed by atoms with Crippen LogP contribution in [0.15, 0.2) is 47.2 Å². The molecule has 2 aromatic rings. The van der Waals surface area contributed by atoms with Gasteiger partial charge in [0.25, 0.3) is 5.91 Å². The van der Waals surface area contributed by atoms with Gasteiger partial charge in [-0.1, -0.05) is 22.0 Å². The van der Waals surface area contributed by atoms with Crippen LogP contribution >= 0.6 is 15.9 Å². The van der Waals surface area contributed by atoms with Gasteiger partial charge in [-0.05, 0) is 30.7 Å². The summed E-state index contributed by atoms with van der Waals surface area (Å²) in [5.74, 6) is -0.0447. The van der Waals surface area contributed by atoms with E-state index in [2.05, 4.69) is 26.3 Å². The molecule has 18 heavy (non-hydrogen) atoms. The lowest BCUT2D eigenvalue weighted by atomic mass is 10.2. The van der Waals surface area contributed by atoms with Gasteiger partial charge in [0.05, 0.1) is 0 Å². The molecule has 0 unspecified atom stereocenters. The third kappa shape index (κ3) is 3.70. The van der Waals surface area contributed by atoms with E-state index in [0.717, 1.165) is 17.4 Å². The summed E-state index contributed by atoms with van der Waals surface area (Å²) >= 11 is 3.35. The molecular weight excluding hydrogens is 294 g/mol. The molecule has 0 aliphatic rings. The Bertz CT molecular complexity index is 511. The number of aromatic nitrogens is 2. The molecule has 0 spiro atoms. The first-order chi connectivity index (χ1) is 8.75. The first-order valence-corrected chi connectivity index (χ1v) is 6.56. The fraction of sp³-hybridized carbons (Fsp3) is 0.231. The molecule has 0 aliphatic carbocycles. The number of nitrogens with zero attached hydrogens (tertiary/aromatic N) is 2. The Morgan fingerprint density at radius 3 is 3.00 bits per heavy atom. The van der Waals surface area contributed by atoms with Crippen molar-refractivity contribution >= 4 is 21.8 Å². The summed E-state index contributed by atoms with van der Waals surface area (Å²) in [7, 11) is 0. The molecule has 1 heterocycles. The van der Waals surface area contributed by atoms with Gasteiger partial charge in [0.2, 0.25) is 0 Å². The maximum absolute atomic E-state index is 11.8. The van der Waals surface area contributed by atoms with E-state index in [4.69, 9.17) is 0 Å². The molecule has 1 aromatic heterocycles. The number of halogens is 1. The highest BCUT2D eigenvalue weighted by molar-refractivity contribution is 9.10. The molecule has 0 radical (unpaired) electrons. The van der Waals surface area contributed by atoms with E-state index in [1.165, 1.54) is 0 Å². The smallest absolute Gasteiger partial charge is 0.251 e. The number of carbonyl (C=O) groups is 1. The highest BCUT2D eigenvalue weighted by Crippen LogP contribution is 2.11. The summed E-state index contributed by atoms with van der Waals surface area (Å²) in [4.78, 5) is 11.8. The number of hydrogen-bond donors (Lipinski definition) is 1. The van der Waals surface area contributed by atoms with E-state index in [1.54, 1.807) is 12.3 Å². The number of amides is 1. The second-order valence-corrected chi connectivity index (χ2v) is 4.80. The molecule has 0 aliphatic heterocycles. The number of benzene rings is 1. The fourth-order valence-corrected chi connectivity index (χ4v) is 2.01. The predicted molar refractivity (Wildman–Crippen MR) is 73.3 cm³/mol. The van der Waals surface area contributed by atoms with Crippen molar-refractivity contribution in [1.29, 1.82) is 0 Å². The Balaban J connectivity index is 1.75. The van der Waals surface area contributed by atoms with Gasteiger partial charge < -0.3 is 5.32 Å². The predicted octanol–water partition coefficient (Wildman–Crippen LogP) is 2.47. The Labute approximate surface area is 114 Å². The summed E-state index contributed by atoms with van der Waals surface area (Å²) < 4.78 is 2.76. The van der Waals surface area contributed by atoms with Crippen molar-refractivity contribution in [3.63, 3.8) is 0 Å². The van der Waals surface area contributed by atoms with Crippen LogP contribution in [0.4, 0.5) is 0 Å². The largest absolute Gasteiger partial charge is 0.352 e. The molecule has 0 bridgehead atoms. The average Bonchev–Trinajstić information content (AvgIpc) is 2.87. The molecule has 0 saturated carbocycles. The van der Waals surface area contributed by atoms with Gasteiger partial charge in [-0.25, -0.2) is 0 Å². The van der Waals surface area contributed by atoms with E-state index in [-0.39, 0.29) is 5.91 Å². The van der Waals surface area contributed by atoms with Crippen molar-refractivity contribution in [1.82, 2.24) is 15.1 Å². The number of rotatable bonds is 5. The lowest BCUT2D eigenvalue weighted by molar-refractivity contribution is 0.0952. The second kappa shape index (κ2) is 6.35. The zero-order chi connectivity index (χ0) is 12.8. The second-order valence-electron chi connectivity index (χ2n) is 3.89. The highest BCUT2D eigenvalue weighted by Gasteiger charge is 2.04. The molecule has 0 atom stereocenters. The van der Waals surface area contributed by atoms with Crippen molar-refractivity contribution in [3.8, 4) is 0 Å². The number of hydrogen-bond acceptors (Lipinski definition) is 2. The summed E-state index contributed by atoms with van der Waals surface area (Å²) in [5.41, 5.74) is 0.670. The highest BCUT2D eigenvalue weighted by atomic mass is 79.9. The topological polar surface area (TPSA) is 46.9 Å². The van der Waals surface area contributed by atoms with Crippen LogP contribution in [0.3, 0.4) is 0 Å². The lowest BCUT2D eigenvalue weighted by Gasteiger charge is -2.05. The normalized spacial score (nSPS) is 10.3. The van der Waals surface area contributed by atoms with Gasteiger partial charge in [-0.15, -0.1) is 0 Å². The van der Waals surface area contributed by atoms with Crippen molar-refractivity contribution in [2.75, 3.05) is 6.54 Å². The number of aryl methyl sites for hydroxylation is 1. The molecule has 1 aromatic carbocycles. The fourth-order valence-electron chi connectivity index (χ4n) is 1.61. The Morgan fingerprint density at radius 1 is 1.39 bits per heavy atom. The van der Waals surface area contributed by atoms with Crippen molar-refractivity contribution < 1.29 is 4.79 Å². The third-order valence-electron chi connectivity index (χ3n) is 2.50. The molecule has 4 nitrogen and oxygen atoms in total.